The summed E-state index contributed by atoms with van der Waals surface area (Å²) in [7, 11) is -4.33. The van der Waals surface area contributed by atoms with E-state index in [0.29, 0.717) is 36.0 Å². The van der Waals surface area contributed by atoms with E-state index in [9.17, 15) is 21.6 Å². The van der Waals surface area contributed by atoms with E-state index in [0.717, 1.165) is 37.8 Å². The summed E-state index contributed by atoms with van der Waals surface area (Å²) in [4.78, 5) is 12.8. The van der Waals surface area contributed by atoms with Crippen molar-refractivity contribution in [2.75, 3.05) is 42.3 Å². The van der Waals surface area contributed by atoms with Crippen LogP contribution < -0.4 is 9.62 Å². The summed E-state index contributed by atoms with van der Waals surface area (Å²) in [5.74, 6) is 0.348. The average Bonchev–Trinajstić information content (AvgIpc) is 2.78. The second-order valence-electron chi connectivity index (χ2n) is 7.44. The van der Waals surface area contributed by atoms with Gasteiger partial charge in [0.15, 0.2) is 11.6 Å². The summed E-state index contributed by atoms with van der Waals surface area (Å²) < 4.78 is 67.6. The molecule has 2 heterocycles. The van der Waals surface area contributed by atoms with Gasteiger partial charge in [-0.15, -0.1) is 0 Å². The molecule has 11 heteroatoms. The van der Waals surface area contributed by atoms with Gasteiger partial charge in [0, 0.05) is 26.2 Å². The van der Waals surface area contributed by atoms with E-state index in [1.807, 2.05) is 11.0 Å². The maximum absolute atomic E-state index is 13.1. The first-order valence-electron chi connectivity index (χ1n) is 10.1. The molecule has 1 fully saturated rings. The van der Waals surface area contributed by atoms with Gasteiger partial charge < -0.3 is 9.80 Å². The third-order valence-electron chi connectivity index (χ3n) is 5.37. The molecule has 32 heavy (non-hydrogen) atoms. The van der Waals surface area contributed by atoms with Gasteiger partial charge >= 0.3 is 6.18 Å². The summed E-state index contributed by atoms with van der Waals surface area (Å²) in [6.07, 6.45) is -4.65. The molecular weight excluding hydrogens is 443 g/mol. The van der Waals surface area contributed by atoms with Crippen LogP contribution in [0.3, 0.4) is 0 Å². The molecule has 1 aliphatic rings. The quantitative estimate of drug-likeness (QED) is 0.621. The van der Waals surface area contributed by atoms with Crippen molar-refractivity contribution in [1.29, 1.82) is 0 Å². The number of hydrogen-bond acceptors (Lipinski definition) is 6. The first-order chi connectivity index (χ1) is 15.2. The number of halogens is 3. The first-order valence-corrected chi connectivity index (χ1v) is 11.6. The van der Waals surface area contributed by atoms with Crippen LogP contribution in [-0.4, -0.2) is 56.0 Å². The van der Waals surface area contributed by atoms with Crippen LogP contribution in [0.2, 0.25) is 0 Å². The molecule has 0 atom stereocenters. The van der Waals surface area contributed by atoms with Gasteiger partial charge in [0.2, 0.25) is 0 Å². The normalized spacial score (nSPS) is 15.8. The minimum Gasteiger partial charge on any atom is -0.351 e. The number of anilines is 2. The number of sulfonamides is 1. The number of hydrogen-bond donors (Lipinski definition) is 1. The van der Waals surface area contributed by atoms with Crippen LogP contribution >= 0.6 is 0 Å². The Morgan fingerprint density at radius 2 is 1.62 bits per heavy atom. The number of aromatic nitrogens is 2. The van der Waals surface area contributed by atoms with Crippen molar-refractivity contribution in [2.45, 2.75) is 18.0 Å². The molecule has 0 unspecified atom stereocenters. The summed E-state index contributed by atoms with van der Waals surface area (Å²) in [5.41, 5.74) is 0.0357. The number of fused-ring (bicyclic) bond motifs is 1. The van der Waals surface area contributed by atoms with E-state index in [2.05, 4.69) is 26.5 Å². The van der Waals surface area contributed by atoms with Crippen molar-refractivity contribution >= 4 is 32.7 Å². The number of benzene rings is 2. The molecule has 7 nitrogen and oxygen atoms in total. The third-order valence-corrected chi connectivity index (χ3v) is 6.71. The molecule has 1 aliphatic heterocycles. The van der Waals surface area contributed by atoms with Gasteiger partial charge in [0.05, 0.1) is 21.5 Å². The number of alkyl halides is 3. The van der Waals surface area contributed by atoms with Crippen LogP contribution in [-0.2, 0) is 16.2 Å². The third kappa shape index (κ3) is 4.63. The highest BCUT2D eigenvalue weighted by Crippen LogP contribution is 2.32. The van der Waals surface area contributed by atoms with Crippen molar-refractivity contribution in [3.63, 3.8) is 0 Å². The lowest BCUT2D eigenvalue weighted by atomic mass is 10.2. The van der Waals surface area contributed by atoms with Crippen LogP contribution in [0.1, 0.15) is 12.5 Å². The lowest BCUT2D eigenvalue weighted by molar-refractivity contribution is -0.137. The second kappa shape index (κ2) is 8.55. The Hall–Kier alpha value is -2.92. The van der Waals surface area contributed by atoms with E-state index in [-0.39, 0.29) is 5.82 Å². The van der Waals surface area contributed by atoms with Crippen LogP contribution in [0.15, 0.2) is 53.4 Å². The summed E-state index contributed by atoms with van der Waals surface area (Å²) >= 11 is 0. The molecule has 1 N–H and O–H groups in total. The zero-order valence-electron chi connectivity index (χ0n) is 17.3. The highest BCUT2D eigenvalue weighted by Gasteiger charge is 2.32. The van der Waals surface area contributed by atoms with Crippen LogP contribution in [0, 0.1) is 0 Å². The number of piperazine rings is 1. The van der Waals surface area contributed by atoms with E-state index in [1.165, 1.54) is 0 Å². The fourth-order valence-electron chi connectivity index (χ4n) is 3.58. The molecule has 0 saturated carbocycles. The largest absolute Gasteiger partial charge is 0.416 e. The van der Waals surface area contributed by atoms with E-state index >= 15 is 0 Å². The highest BCUT2D eigenvalue weighted by atomic mass is 32.2. The SMILES string of the molecule is CCN1CCN(c2nc3ccccc3nc2NS(=O)(=O)c2cccc(C(F)(F)F)c2)CC1. The summed E-state index contributed by atoms with van der Waals surface area (Å²) in [6.45, 7) is 5.79. The van der Waals surface area contributed by atoms with Crippen molar-refractivity contribution < 1.29 is 21.6 Å². The molecule has 0 radical (unpaired) electrons. The maximum atomic E-state index is 13.1. The van der Waals surface area contributed by atoms with Gasteiger partial charge in [-0.05, 0) is 36.9 Å². The molecule has 0 spiro atoms. The standard InChI is InChI=1S/C21H22F3N5O2S/c1-2-28-10-12-29(13-11-28)20-19(25-17-8-3-4-9-18(17)26-20)27-32(30,31)16-7-5-6-15(14-16)21(22,23)24/h3-9,14H,2,10-13H2,1H3,(H,25,27). The predicted octanol–water partition coefficient (Wildman–Crippen LogP) is 3.59. The fourth-order valence-corrected chi connectivity index (χ4v) is 4.63. The Morgan fingerprint density at radius 3 is 2.25 bits per heavy atom. The Labute approximate surface area is 183 Å². The number of rotatable bonds is 5. The molecule has 4 rings (SSSR count). The van der Waals surface area contributed by atoms with Crippen LogP contribution in [0.4, 0.5) is 24.8 Å². The molecule has 2 aromatic carbocycles. The lowest BCUT2D eigenvalue weighted by Crippen LogP contribution is -2.46. The Balaban J connectivity index is 1.73. The van der Waals surface area contributed by atoms with Gasteiger partial charge in [0.25, 0.3) is 10.0 Å². The Kier molecular flexibility index (Phi) is 5.95. The zero-order valence-corrected chi connectivity index (χ0v) is 18.1. The van der Waals surface area contributed by atoms with E-state index in [1.54, 1.807) is 18.2 Å². The Bertz CT molecular complexity index is 1230. The fraction of sp³-hybridized carbons (Fsp3) is 0.333. The lowest BCUT2D eigenvalue weighted by Gasteiger charge is -2.35. The minimum atomic E-state index is -4.65. The number of nitrogens with zero attached hydrogens (tertiary/aromatic N) is 4. The van der Waals surface area contributed by atoms with Crippen molar-refractivity contribution in [1.82, 2.24) is 14.9 Å². The van der Waals surface area contributed by atoms with Gasteiger partial charge in [-0.2, -0.15) is 13.2 Å². The molecule has 0 bridgehead atoms. The van der Waals surface area contributed by atoms with Crippen molar-refractivity contribution in [3.05, 3.63) is 54.1 Å². The monoisotopic (exact) mass is 465 g/mol. The maximum Gasteiger partial charge on any atom is 0.416 e. The van der Waals surface area contributed by atoms with Gasteiger partial charge in [-0.3, -0.25) is 4.72 Å². The topological polar surface area (TPSA) is 78.4 Å². The van der Waals surface area contributed by atoms with E-state index in [4.69, 9.17) is 0 Å². The summed E-state index contributed by atoms with van der Waals surface area (Å²) in [5, 5.41) is 0. The molecular formula is C21H22F3N5O2S. The minimum absolute atomic E-state index is 0.00828. The average molecular weight is 466 g/mol. The predicted molar refractivity (Wildman–Crippen MR) is 116 cm³/mol. The van der Waals surface area contributed by atoms with Crippen molar-refractivity contribution in [3.8, 4) is 0 Å². The highest BCUT2D eigenvalue weighted by molar-refractivity contribution is 7.92. The van der Waals surface area contributed by atoms with Crippen LogP contribution in [0.25, 0.3) is 11.0 Å². The van der Waals surface area contributed by atoms with Gasteiger partial charge in [-0.1, -0.05) is 25.1 Å². The smallest absolute Gasteiger partial charge is 0.351 e. The molecule has 0 aliphatic carbocycles. The Morgan fingerprint density at radius 1 is 0.969 bits per heavy atom. The molecule has 1 saturated heterocycles. The van der Waals surface area contributed by atoms with Crippen molar-refractivity contribution in [2.24, 2.45) is 0 Å². The number of para-hydroxylation sites is 2. The molecule has 1 aromatic heterocycles. The first kappa shape index (κ1) is 22.3. The number of likely N-dealkylation sites (N-methyl/N-ethyl adjacent to an activating group) is 1. The zero-order chi connectivity index (χ0) is 22.9. The molecule has 0 amide bonds. The summed E-state index contributed by atoms with van der Waals surface area (Å²) in [6, 6.07) is 10.6. The number of nitrogens with one attached hydrogen (secondary N) is 1. The van der Waals surface area contributed by atoms with E-state index < -0.39 is 26.7 Å². The molecule has 3 aromatic rings. The van der Waals surface area contributed by atoms with Gasteiger partial charge in [0.1, 0.15) is 0 Å². The second-order valence-corrected chi connectivity index (χ2v) is 9.12. The van der Waals surface area contributed by atoms with Gasteiger partial charge in [-0.25, -0.2) is 18.4 Å². The van der Waals surface area contributed by atoms with Crippen LogP contribution in [0.5, 0.6) is 0 Å². The molecule has 170 valence electrons.